The molecule has 3 rings (SSSR count). The van der Waals surface area contributed by atoms with Crippen molar-refractivity contribution in [2.24, 2.45) is 5.41 Å². The number of hydrogen-bond acceptors (Lipinski definition) is 2. The van der Waals surface area contributed by atoms with Gasteiger partial charge in [-0.25, -0.2) is 0 Å². The van der Waals surface area contributed by atoms with E-state index in [9.17, 15) is 9.59 Å². The lowest BCUT2D eigenvalue weighted by atomic mass is 10.1. The molecule has 2 aliphatic rings. The third kappa shape index (κ3) is 1.84. The number of amides is 1. The summed E-state index contributed by atoms with van der Waals surface area (Å²) in [7, 11) is 0. The monoisotopic (exact) mass is 371 g/mol. The Morgan fingerprint density at radius 1 is 1.28 bits per heavy atom. The van der Waals surface area contributed by atoms with Gasteiger partial charge in [0.2, 0.25) is 0 Å². The number of hydrogen-bond donors (Lipinski definition) is 0. The molecule has 0 radical (unpaired) electrons. The van der Waals surface area contributed by atoms with Gasteiger partial charge in [-0.1, -0.05) is 31.9 Å². The van der Waals surface area contributed by atoms with Crippen LogP contribution in [0, 0.1) is 5.41 Å². The highest BCUT2D eigenvalue weighted by Gasteiger charge is 2.47. The molecule has 5 heteroatoms. The molecular formula is C13H11Br2NO2. The number of alkyl halides is 1. The van der Waals surface area contributed by atoms with Gasteiger partial charge in [-0.2, -0.15) is 0 Å². The van der Waals surface area contributed by atoms with E-state index >= 15 is 0 Å². The Bertz CT molecular complexity index is 552. The largest absolute Gasteiger partial charge is 0.304 e. The molecule has 0 bridgehead atoms. The van der Waals surface area contributed by atoms with Crippen LogP contribution in [0.25, 0.3) is 0 Å². The van der Waals surface area contributed by atoms with Gasteiger partial charge in [-0.05, 0) is 36.5 Å². The summed E-state index contributed by atoms with van der Waals surface area (Å²) in [5.41, 5.74) is 1.43. The quantitative estimate of drug-likeness (QED) is 0.603. The fourth-order valence-corrected chi connectivity index (χ4v) is 3.36. The molecule has 1 aliphatic heterocycles. The number of nitrogens with zero attached hydrogens (tertiary/aromatic N) is 1. The van der Waals surface area contributed by atoms with Crippen molar-refractivity contribution < 1.29 is 9.59 Å². The second-order valence-electron chi connectivity index (χ2n) is 5.02. The van der Waals surface area contributed by atoms with Gasteiger partial charge in [0.25, 0.3) is 11.7 Å². The number of carbonyl (C=O) groups excluding carboxylic acids is 2. The molecule has 1 fully saturated rings. The molecule has 1 aliphatic carbocycles. The van der Waals surface area contributed by atoms with Crippen molar-refractivity contribution in [2.45, 2.75) is 12.8 Å². The first kappa shape index (κ1) is 12.4. The lowest BCUT2D eigenvalue weighted by molar-refractivity contribution is -0.114. The molecule has 0 N–H and O–H groups in total. The van der Waals surface area contributed by atoms with Crippen LogP contribution in [0.5, 0.6) is 0 Å². The summed E-state index contributed by atoms with van der Waals surface area (Å²) in [6.07, 6.45) is 2.22. The molecule has 0 unspecified atom stereocenters. The van der Waals surface area contributed by atoms with E-state index < -0.39 is 5.91 Å². The van der Waals surface area contributed by atoms with E-state index in [4.69, 9.17) is 0 Å². The van der Waals surface area contributed by atoms with Crippen LogP contribution in [0.4, 0.5) is 5.69 Å². The Morgan fingerprint density at radius 3 is 2.61 bits per heavy atom. The maximum Gasteiger partial charge on any atom is 0.299 e. The topological polar surface area (TPSA) is 37.4 Å². The average Bonchev–Trinajstić information content (AvgIpc) is 3.10. The maximum atomic E-state index is 12.0. The highest BCUT2D eigenvalue weighted by molar-refractivity contribution is 9.10. The zero-order valence-corrected chi connectivity index (χ0v) is 12.8. The first-order valence-electron chi connectivity index (χ1n) is 5.78. The second-order valence-corrected chi connectivity index (χ2v) is 6.49. The molecule has 1 saturated carbocycles. The standard InChI is InChI=1S/C13H11Br2NO2/c14-6-13(3-4-13)7-16-10-5-8(15)1-2-9(10)11(17)12(16)18/h1-2,5H,3-4,6-7H2. The highest BCUT2D eigenvalue weighted by atomic mass is 79.9. The van der Waals surface area contributed by atoms with Gasteiger partial charge in [-0.15, -0.1) is 0 Å². The number of anilines is 1. The predicted molar refractivity (Wildman–Crippen MR) is 76.3 cm³/mol. The van der Waals surface area contributed by atoms with Crippen LogP contribution in [0.3, 0.4) is 0 Å². The number of benzene rings is 1. The summed E-state index contributed by atoms with van der Waals surface area (Å²) in [6, 6.07) is 5.36. The molecule has 0 saturated heterocycles. The molecule has 0 spiro atoms. The summed E-state index contributed by atoms with van der Waals surface area (Å²) in [5.74, 6) is -0.779. The van der Waals surface area contributed by atoms with Crippen molar-refractivity contribution in [1.29, 1.82) is 0 Å². The van der Waals surface area contributed by atoms with Gasteiger partial charge in [0.1, 0.15) is 0 Å². The number of Topliss-reactive ketones (excluding diaryl/α,β-unsaturated/α-hetero) is 1. The summed E-state index contributed by atoms with van der Waals surface area (Å²) in [4.78, 5) is 25.6. The molecule has 94 valence electrons. The first-order chi connectivity index (χ1) is 8.56. The maximum absolute atomic E-state index is 12.0. The number of carbonyl (C=O) groups is 2. The predicted octanol–water partition coefficient (Wildman–Crippen LogP) is 3.15. The molecule has 1 aromatic carbocycles. The van der Waals surface area contributed by atoms with Crippen LogP contribution in [0.2, 0.25) is 0 Å². The van der Waals surface area contributed by atoms with Crippen LogP contribution < -0.4 is 4.90 Å². The van der Waals surface area contributed by atoms with Gasteiger partial charge in [0.05, 0.1) is 11.3 Å². The SMILES string of the molecule is O=C1C(=O)N(CC2(CBr)CC2)c2cc(Br)ccc21. The van der Waals surface area contributed by atoms with E-state index in [0.29, 0.717) is 12.1 Å². The second kappa shape index (κ2) is 4.17. The lowest BCUT2D eigenvalue weighted by Gasteiger charge is -2.22. The van der Waals surface area contributed by atoms with E-state index in [0.717, 1.165) is 28.3 Å². The Balaban J connectivity index is 1.99. The van der Waals surface area contributed by atoms with Crippen molar-refractivity contribution >= 4 is 49.2 Å². The summed E-state index contributed by atoms with van der Waals surface area (Å²) in [6.45, 7) is 0.631. The molecule has 1 heterocycles. The lowest BCUT2D eigenvalue weighted by Crippen LogP contribution is -2.35. The van der Waals surface area contributed by atoms with E-state index in [-0.39, 0.29) is 11.2 Å². The number of ketones is 1. The minimum absolute atomic E-state index is 0.167. The van der Waals surface area contributed by atoms with Crippen molar-refractivity contribution in [3.05, 3.63) is 28.2 Å². The smallest absolute Gasteiger partial charge is 0.299 e. The van der Waals surface area contributed by atoms with E-state index in [1.807, 2.05) is 6.07 Å². The Labute approximate surface area is 122 Å². The molecule has 3 nitrogen and oxygen atoms in total. The number of fused-ring (bicyclic) bond motifs is 1. The van der Waals surface area contributed by atoms with Crippen LogP contribution in [-0.2, 0) is 4.79 Å². The highest BCUT2D eigenvalue weighted by Crippen LogP contribution is 2.49. The van der Waals surface area contributed by atoms with Gasteiger partial charge in [-0.3, -0.25) is 9.59 Å². The van der Waals surface area contributed by atoms with Crippen molar-refractivity contribution in [2.75, 3.05) is 16.8 Å². The molecule has 1 aromatic rings. The zero-order valence-electron chi connectivity index (χ0n) is 9.58. The van der Waals surface area contributed by atoms with Crippen LogP contribution in [0.15, 0.2) is 22.7 Å². The van der Waals surface area contributed by atoms with Crippen LogP contribution >= 0.6 is 31.9 Å². The van der Waals surface area contributed by atoms with E-state index in [1.165, 1.54) is 0 Å². The number of rotatable bonds is 3. The fraction of sp³-hybridized carbons (Fsp3) is 0.385. The Morgan fingerprint density at radius 2 is 2.00 bits per heavy atom. The minimum Gasteiger partial charge on any atom is -0.304 e. The summed E-state index contributed by atoms with van der Waals surface area (Å²) >= 11 is 6.88. The summed E-state index contributed by atoms with van der Waals surface area (Å²) in [5, 5.41) is 0.876. The van der Waals surface area contributed by atoms with Gasteiger partial charge in [0, 0.05) is 16.3 Å². The van der Waals surface area contributed by atoms with Crippen LogP contribution in [-0.4, -0.2) is 23.6 Å². The van der Waals surface area contributed by atoms with Crippen molar-refractivity contribution in [3.63, 3.8) is 0 Å². The van der Waals surface area contributed by atoms with E-state index in [1.54, 1.807) is 17.0 Å². The average molecular weight is 373 g/mol. The molecule has 1 amide bonds. The normalized spacial score (nSPS) is 20.2. The Hall–Kier alpha value is -0.680. The minimum atomic E-state index is -0.393. The summed E-state index contributed by atoms with van der Waals surface area (Å²) < 4.78 is 0.887. The van der Waals surface area contributed by atoms with Gasteiger partial charge >= 0.3 is 0 Å². The zero-order chi connectivity index (χ0) is 12.9. The number of halogens is 2. The molecule has 0 atom stereocenters. The third-order valence-electron chi connectivity index (χ3n) is 3.67. The molecule has 18 heavy (non-hydrogen) atoms. The van der Waals surface area contributed by atoms with Crippen LogP contribution in [0.1, 0.15) is 23.2 Å². The first-order valence-corrected chi connectivity index (χ1v) is 7.69. The fourth-order valence-electron chi connectivity index (χ4n) is 2.27. The van der Waals surface area contributed by atoms with Gasteiger partial charge in [0.15, 0.2) is 0 Å². The molecule has 0 aromatic heterocycles. The van der Waals surface area contributed by atoms with Crippen molar-refractivity contribution in [1.82, 2.24) is 0 Å². The van der Waals surface area contributed by atoms with Gasteiger partial charge < -0.3 is 4.90 Å². The van der Waals surface area contributed by atoms with Crippen molar-refractivity contribution in [3.8, 4) is 0 Å². The molecular weight excluding hydrogens is 362 g/mol. The Kier molecular flexibility index (Phi) is 2.86. The third-order valence-corrected chi connectivity index (χ3v) is 5.35. The van der Waals surface area contributed by atoms with E-state index in [2.05, 4.69) is 31.9 Å².